The summed E-state index contributed by atoms with van der Waals surface area (Å²) in [7, 11) is 0. The minimum absolute atomic E-state index is 0.00688. The summed E-state index contributed by atoms with van der Waals surface area (Å²) < 4.78 is 39.2. The molecule has 1 aromatic heterocycles. The highest BCUT2D eigenvalue weighted by Gasteiger charge is 2.34. The summed E-state index contributed by atoms with van der Waals surface area (Å²) in [5, 5.41) is 5.26. The monoisotopic (exact) mass is 328 g/mol. The standard InChI is InChI=1S/C15H19F3N4O/c1-8-5-9(15(16,17)18)12-10(6-8)20-11(21-12)7-19-13(23)22-14(2,3)4/h5-6H,7H2,1-4H3,(H,20,21)(H2,19,22,23). The fraction of sp³-hybridized carbons (Fsp3) is 0.467. The number of carbonyl (C=O) groups is 1. The predicted octanol–water partition coefficient (Wildman–Crippen LogP) is 3.49. The molecule has 0 bridgehead atoms. The van der Waals surface area contributed by atoms with Crippen molar-refractivity contribution in [3.8, 4) is 0 Å². The minimum Gasteiger partial charge on any atom is -0.340 e. The molecule has 0 radical (unpaired) electrons. The van der Waals surface area contributed by atoms with Crippen molar-refractivity contribution in [2.75, 3.05) is 0 Å². The Bertz CT molecular complexity index is 729. The average Bonchev–Trinajstić information content (AvgIpc) is 2.74. The van der Waals surface area contributed by atoms with E-state index in [2.05, 4.69) is 20.6 Å². The van der Waals surface area contributed by atoms with Gasteiger partial charge in [-0.1, -0.05) is 0 Å². The summed E-state index contributed by atoms with van der Waals surface area (Å²) in [6, 6.07) is 2.23. The molecule has 3 N–H and O–H groups in total. The molecule has 0 spiro atoms. The first-order valence-corrected chi connectivity index (χ1v) is 7.08. The highest BCUT2D eigenvalue weighted by atomic mass is 19.4. The van der Waals surface area contributed by atoms with E-state index in [1.165, 1.54) is 0 Å². The molecule has 0 atom stereocenters. The molecule has 2 amide bonds. The maximum atomic E-state index is 13.1. The molecule has 0 aliphatic heterocycles. The van der Waals surface area contributed by atoms with Crippen molar-refractivity contribution in [3.05, 3.63) is 29.1 Å². The number of carbonyl (C=O) groups excluding carboxylic acids is 1. The number of hydrogen-bond donors (Lipinski definition) is 3. The number of fused-ring (bicyclic) bond motifs is 1. The van der Waals surface area contributed by atoms with Gasteiger partial charge in [-0.3, -0.25) is 0 Å². The molecular formula is C15H19F3N4O. The van der Waals surface area contributed by atoms with E-state index in [4.69, 9.17) is 0 Å². The first-order valence-electron chi connectivity index (χ1n) is 7.08. The van der Waals surface area contributed by atoms with Crippen LogP contribution in [0, 0.1) is 6.92 Å². The Hall–Kier alpha value is -2.25. The number of aryl methyl sites for hydroxylation is 1. The molecule has 1 heterocycles. The Labute approximate surface area is 131 Å². The van der Waals surface area contributed by atoms with Gasteiger partial charge in [0.15, 0.2) is 0 Å². The zero-order chi connectivity index (χ0) is 17.4. The van der Waals surface area contributed by atoms with Crippen molar-refractivity contribution >= 4 is 17.1 Å². The number of hydrogen-bond acceptors (Lipinski definition) is 2. The van der Waals surface area contributed by atoms with Crippen molar-refractivity contribution in [1.82, 2.24) is 20.6 Å². The molecule has 126 valence electrons. The molecule has 0 saturated carbocycles. The number of imidazole rings is 1. The molecule has 1 aromatic carbocycles. The summed E-state index contributed by atoms with van der Waals surface area (Å²) in [5.41, 5.74) is -0.536. The van der Waals surface area contributed by atoms with Crippen LogP contribution in [-0.2, 0) is 12.7 Å². The maximum absolute atomic E-state index is 13.1. The van der Waals surface area contributed by atoms with Gasteiger partial charge in [-0.25, -0.2) is 9.78 Å². The Balaban J connectivity index is 2.22. The van der Waals surface area contributed by atoms with E-state index in [-0.39, 0.29) is 23.4 Å². The smallest absolute Gasteiger partial charge is 0.340 e. The lowest BCUT2D eigenvalue weighted by Crippen LogP contribution is -2.46. The van der Waals surface area contributed by atoms with Crippen molar-refractivity contribution in [2.24, 2.45) is 0 Å². The van der Waals surface area contributed by atoms with Gasteiger partial charge in [0.1, 0.15) is 5.82 Å². The van der Waals surface area contributed by atoms with E-state index >= 15 is 0 Å². The zero-order valence-electron chi connectivity index (χ0n) is 13.4. The summed E-state index contributed by atoms with van der Waals surface area (Å²) in [4.78, 5) is 18.4. The SMILES string of the molecule is Cc1cc(C(F)(F)F)c2[nH]c(CNC(=O)NC(C)(C)C)nc2c1. The lowest BCUT2D eigenvalue weighted by molar-refractivity contribution is -0.136. The number of amides is 2. The second kappa shape index (κ2) is 5.75. The van der Waals surface area contributed by atoms with Crippen molar-refractivity contribution < 1.29 is 18.0 Å². The van der Waals surface area contributed by atoms with E-state index in [0.29, 0.717) is 5.56 Å². The van der Waals surface area contributed by atoms with Gasteiger partial charge in [0.05, 0.1) is 23.1 Å². The molecule has 8 heteroatoms. The molecule has 0 saturated heterocycles. The number of benzene rings is 1. The number of nitrogens with zero attached hydrogens (tertiary/aromatic N) is 1. The number of rotatable bonds is 2. The Morgan fingerprint density at radius 3 is 2.48 bits per heavy atom. The van der Waals surface area contributed by atoms with Gasteiger partial charge in [-0.2, -0.15) is 13.2 Å². The van der Waals surface area contributed by atoms with Crippen molar-refractivity contribution in [1.29, 1.82) is 0 Å². The fourth-order valence-corrected chi connectivity index (χ4v) is 2.16. The van der Waals surface area contributed by atoms with Crippen LogP contribution in [0.25, 0.3) is 11.0 Å². The molecule has 2 aromatic rings. The number of aromatic nitrogens is 2. The Morgan fingerprint density at radius 1 is 1.26 bits per heavy atom. The largest absolute Gasteiger partial charge is 0.418 e. The summed E-state index contributed by atoms with van der Waals surface area (Å²) in [6.45, 7) is 7.06. The maximum Gasteiger partial charge on any atom is 0.418 e. The van der Waals surface area contributed by atoms with Crippen LogP contribution in [-0.4, -0.2) is 21.5 Å². The van der Waals surface area contributed by atoms with Gasteiger partial charge in [0.2, 0.25) is 0 Å². The first kappa shape index (κ1) is 17.1. The van der Waals surface area contributed by atoms with Gasteiger partial charge < -0.3 is 15.6 Å². The van der Waals surface area contributed by atoms with Crippen LogP contribution in [0.15, 0.2) is 12.1 Å². The number of alkyl halides is 3. The molecule has 0 aliphatic carbocycles. The van der Waals surface area contributed by atoms with E-state index in [0.717, 1.165) is 6.07 Å². The van der Waals surface area contributed by atoms with E-state index in [9.17, 15) is 18.0 Å². The third kappa shape index (κ3) is 4.37. The van der Waals surface area contributed by atoms with Crippen LogP contribution >= 0.6 is 0 Å². The van der Waals surface area contributed by atoms with E-state index < -0.39 is 23.3 Å². The lowest BCUT2D eigenvalue weighted by atomic mass is 10.1. The molecule has 0 fully saturated rings. The third-order valence-electron chi connectivity index (χ3n) is 3.00. The first-order chi connectivity index (χ1) is 10.5. The van der Waals surface area contributed by atoms with E-state index in [1.54, 1.807) is 13.0 Å². The third-order valence-corrected chi connectivity index (χ3v) is 3.00. The fourth-order valence-electron chi connectivity index (χ4n) is 2.16. The van der Waals surface area contributed by atoms with Crippen LogP contribution < -0.4 is 10.6 Å². The number of halogens is 3. The summed E-state index contributed by atoms with van der Waals surface area (Å²) in [6.07, 6.45) is -4.47. The van der Waals surface area contributed by atoms with Gasteiger partial charge >= 0.3 is 12.2 Å². The van der Waals surface area contributed by atoms with Gasteiger partial charge in [0, 0.05) is 5.54 Å². The Morgan fingerprint density at radius 2 is 1.91 bits per heavy atom. The summed E-state index contributed by atoms with van der Waals surface area (Å²) in [5.74, 6) is 0.264. The zero-order valence-corrected chi connectivity index (χ0v) is 13.4. The van der Waals surface area contributed by atoms with Gasteiger partial charge in [-0.15, -0.1) is 0 Å². The highest BCUT2D eigenvalue weighted by molar-refractivity contribution is 5.80. The number of urea groups is 1. The molecular weight excluding hydrogens is 309 g/mol. The van der Waals surface area contributed by atoms with Crippen LogP contribution in [0.2, 0.25) is 0 Å². The van der Waals surface area contributed by atoms with Crippen LogP contribution in [0.4, 0.5) is 18.0 Å². The van der Waals surface area contributed by atoms with Crippen LogP contribution in [0.3, 0.4) is 0 Å². The molecule has 5 nitrogen and oxygen atoms in total. The molecule has 23 heavy (non-hydrogen) atoms. The predicted molar refractivity (Wildman–Crippen MR) is 81.0 cm³/mol. The van der Waals surface area contributed by atoms with Crippen molar-refractivity contribution in [3.63, 3.8) is 0 Å². The molecule has 0 aliphatic rings. The number of H-pyrrole nitrogens is 1. The topological polar surface area (TPSA) is 69.8 Å². The van der Waals surface area contributed by atoms with Crippen molar-refractivity contribution in [2.45, 2.75) is 46.0 Å². The quantitative estimate of drug-likeness (QED) is 0.790. The van der Waals surface area contributed by atoms with Gasteiger partial charge in [0.25, 0.3) is 0 Å². The highest BCUT2D eigenvalue weighted by Crippen LogP contribution is 2.34. The summed E-state index contributed by atoms with van der Waals surface area (Å²) >= 11 is 0. The van der Waals surface area contributed by atoms with Crippen LogP contribution in [0.5, 0.6) is 0 Å². The lowest BCUT2D eigenvalue weighted by Gasteiger charge is -2.20. The van der Waals surface area contributed by atoms with Gasteiger partial charge in [-0.05, 0) is 45.4 Å². The minimum atomic E-state index is -4.47. The number of nitrogens with one attached hydrogen (secondary N) is 3. The average molecular weight is 328 g/mol. The normalized spacial score (nSPS) is 12.5. The second-order valence-corrected chi connectivity index (χ2v) is 6.45. The number of aromatic amines is 1. The van der Waals surface area contributed by atoms with Crippen LogP contribution in [0.1, 0.15) is 37.7 Å². The second-order valence-electron chi connectivity index (χ2n) is 6.45. The Kier molecular flexibility index (Phi) is 4.28. The molecule has 0 unspecified atom stereocenters. The molecule has 2 rings (SSSR count). The van der Waals surface area contributed by atoms with E-state index in [1.807, 2.05) is 20.8 Å².